The summed E-state index contributed by atoms with van der Waals surface area (Å²) in [5.41, 5.74) is 6.00. The third kappa shape index (κ3) is 11.8. The average molecular weight is 750 g/mol. The lowest BCUT2D eigenvalue weighted by Gasteiger charge is -2.23. The molecule has 0 amide bonds. The predicted octanol–water partition coefficient (Wildman–Crippen LogP) is 8.07. The molecule has 1 aromatic heterocycles. The Morgan fingerprint density at radius 3 is 2.17 bits per heavy atom. The fourth-order valence-corrected chi connectivity index (χ4v) is 6.45. The van der Waals surface area contributed by atoms with Crippen molar-refractivity contribution < 1.29 is 24.4 Å². The van der Waals surface area contributed by atoms with E-state index < -0.39 is 0 Å². The summed E-state index contributed by atoms with van der Waals surface area (Å²) in [4.78, 5) is 8.68. The highest BCUT2D eigenvalue weighted by Gasteiger charge is 2.17. The van der Waals surface area contributed by atoms with Crippen LogP contribution in [0.5, 0.6) is 17.2 Å². The van der Waals surface area contributed by atoms with Gasteiger partial charge in [0, 0.05) is 74.5 Å². The van der Waals surface area contributed by atoms with Crippen molar-refractivity contribution in [2.24, 2.45) is 0 Å². The van der Waals surface area contributed by atoms with Crippen LogP contribution in [0.15, 0.2) is 67.0 Å². The van der Waals surface area contributed by atoms with E-state index in [9.17, 15) is 10.4 Å². The lowest BCUT2D eigenvalue weighted by atomic mass is 9.96. The van der Waals surface area contributed by atoms with Crippen LogP contribution in [0.4, 0.5) is 0 Å². The van der Waals surface area contributed by atoms with Gasteiger partial charge in [-0.3, -0.25) is 9.88 Å². The smallest absolute Gasteiger partial charge is 0.142 e. The van der Waals surface area contributed by atoms with Gasteiger partial charge in [-0.25, -0.2) is 0 Å². The molecule has 11 heteroatoms. The Labute approximate surface area is 318 Å². The van der Waals surface area contributed by atoms with Crippen LogP contribution in [0.25, 0.3) is 11.1 Å². The number of ether oxygens (including phenoxy) is 3. The first-order valence-corrected chi connectivity index (χ1v) is 18.7. The Balaban J connectivity index is 1.51. The summed E-state index contributed by atoms with van der Waals surface area (Å²) in [7, 11) is 0. The van der Waals surface area contributed by atoms with Crippen molar-refractivity contribution in [1.82, 2.24) is 14.8 Å². The van der Waals surface area contributed by atoms with E-state index in [2.05, 4.69) is 41.6 Å². The standard InChI is InChI=1S/C41H50Cl2N4O5/c1-4-46(15-8-18-48)17-10-20-50-38-14-7-13-36(41(38)43)35-12-6-11-33(30(35)3)29-52-40-23-39(51-28-32-21-31(24-44)25-45-26-32)34(22-37(40)42)27-47(5-2)16-9-19-49/h6-7,11-14,21-23,25-26,48-49H,4-5,8-10,15-20,27-29H2,1-3H3. The SMILES string of the molecule is CCN(CCCO)CCCOc1cccc(-c2cccc(COc3cc(OCc4cncc(C#N)c4)c(CN(CC)CCCO)cc3Cl)c2C)c1Cl. The second-order valence-corrected chi connectivity index (χ2v) is 13.3. The first-order chi connectivity index (χ1) is 25.3. The van der Waals surface area contributed by atoms with Crippen molar-refractivity contribution in [3.63, 3.8) is 0 Å². The Morgan fingerprint density at radius 1 is 0.750 bits per heavy atom. The molecule has 0 saturated heterocycles. The maximum absolute atomic E-state index is 9.39. The van der Waals surface area contributed by atoms with Gasteiger partial charge in [-0.05, 0) is 74.2 Å². The van der Waals surface area contributed by atoms with Crippen LogP contribution in [0.1, 0.15) is 60.9 Å². The van der Waals surface area contributed by atoms with Crippen molar-refractivity contribution in [3.05, 3.63) is 105 Å². The molecule has 0 fully saturated rings. The highest BCUT2D eigenvalue weighted by atomic mass is 35.5. The summed E-state index contributed by atoms with van der Waals surface area (Å²) in [5.74, 6) is 1.75. The van der Waals surface area contributed by atoms with Gasteiger partial charge in [-0.2, -0.15) is 5.26 Å². The number of hydrogen-bond acceptors (Lipinski definition) is 9. The maximum atomic E-state index is 9.39. The normalized spacial score (nSPS) is 11.2. The number of rotatable bonds is 22. The van der Waals surface area contributed by atoms with Gasteiger partial charge in [0.05, 0.1) is 22.2 Å². The van der Waals surface area contributed by atoms with E-state index in [1.165, 1.54) is 6.20 Å². The molecule has 0 aliphatic heterocycles. The third-order valence-electron chi connectivity index (χ3n) is 8.95. The molecule has 2 N–H and O–H groups in total. The zero-order valence-electron chi connectivity index (χ0n) is 30.4. The molecule has 1 heterocycles. The number of hydrogen-bond donors (Lipinski definition) is 2. The topological polar surface area (TPSA) is 111 Å². The van der Waals surface area contributed by atoms with Gasteiger partial charge in [-0.1, -0.05) is 67.4 Å². The molecular formula is C41H50Cl2N4O5. The lowest BCUT2D eigenvalue weighted by molar-refractivity contribution is 0.213. The molecule has 278 valence electrons. The van der Waals surface area contributed by atoms with E-state index in [-0.39, 0.29) is 26.4 Å². The zero-order valence-corrected chi connectivity index (χ0v) is 31.9. The molecule has 0 aliphatic carbocycles. The fourth-order valence-electron chi connectivity index (χ4n) is 5.93. The summed E-state index contributed by atoms with van der Waals surface area (Å²) < 4.78 is 18.8. The average Bonchev–Trinajstić information content (AvgIpc) is 3.16. The van der Waals surface area contributed by atoms with E-state index in [1.807, 2.05) is 48.5 Å². The molecule has 0 radical (unpaired) electrons. The van der Waals surface area contributed by atoms with Crippen molar-refractivity contribution in [2.75, 3.05) is 52.5 Å². The first kappa shape index (κ1) is 40.9. The summed E-state index contributed by atoms with van der Waals surface area (Å²) in [6, 6.07) is 19.5. The van der Waals surface area contributed by atoms with Gasteiger partial charge in [0.15, 0.2) is 0 Å². The van der Waals surface area contributed by atoms with Crippen LogP contribution in [0.2, 0.25) is 10.0 Å². The van der Waals surface area contributed by atoms with E-state index in [0.29, 0.717) is 52.4 Å². The maximum Gasteiger partial charge on any atom is 0.142 e. The van der Waals surface area contributed by atoms with E-state index in [0.717, 1.165) is 78.9 Å². The molecule has 4 aromatic rings. The minimum Gasteiger partial charge on any atom is -0.492 e. The first-order valence-electron chi connectivity index (χ1n) is 17.9. The number of halogens is 2. The molecule has 4 rings (SSSR count). The second kappa shape index (κ2) is 21.6. The highest BCUT2D eigenvalue weighted by molar-refractivity contribution is 6.35. The molecule has 0 spiro atoms. The minimum atomic E-state index is 0.118. The zero-order chi connectivity index (χ0) is 37.3. The molecule has 9 nitrogen and oxygen atoms in total. The van der Waals surface area contributed by atoms with Crippen LogP contribution in [0.3, 0.4) is 0 Å². The van der Waals surface area contributed by atoms with Crippen LogP contribution in [-0.2, 0) is 19.8 Å². The number of nitrogens with zero attached hydrogens (tertiary/aromatic N) is 4. The summed E-state index contributed by atoms with van der Waals surface area (Å²) >= 11 is 13.8. The summed E-state index contributed by atoms with van der Waals surface area (Å²) in [5, 5.41) is 28.9. The molecule has 0 bridgehead atoms. The van der Waals surface area contributed by atoms with Gasteiger partial charge in [0.25, 0.3) is 0 Å². The van der Waals surface area contributed by atoms with Gasteiger partial charge in [0.2, 0.25) is 0 Å². The summed E-state index contributed by atoms with van der Waals surface area (Å²) in [6.45, 7) is 12.4. The Kier molecular flexibility index (Phi) is 17.0. The van der Waals surface area contributed by atoms with Crippen LogP contribution >= 0.6 is 23.2 Å². The van der Waals surface area contributed by atoms with Gasteiger partial charge >= 0.3 is 0 Å². The van der Waals surface area contributed by atoms with Gasteiger partial charge in [-0.15, -0.1) is 0 Å². The number of aliphatic hydroxyl groups excluding tert-OH is 2. The van der Waals surface area contributed by atoms with E-state index in [1.54, 1.807) is 12.3 Å². The number of benzene rings is 3. The molecule has 52 heavy (non-hydrogen) atoms. The molecule has 0 unspecified atom stereocenters. The largest absolute Gasteiger partial charge is 0.492 e. The van der Waals surface area contributed by atoms with E-state index in [4.69, 9.17) is 42.5 Å². The molecule has 0 aliphatic rings. The number of aliphatic hydroxyl groups is 2. The number of aromatic nitrogens is 1. The van der Waals surface area contributed by atoms with Crippen LogP contribution < -0.4 is 14.2 Å². The van der Waals surface area contributed by atoms with Gasteiger partial charge < -0.3 is 29.3 Å². The fraction of sp³-hybridized carbons (Fsp3) is 0.415. The Bertz CT molecular complexity index is 1770. The monoisotopic (exact) mass is 748 g/mol. The Hall–Kier alpha value is -3.88. The molecule has 3 aromatic carbocycles. The summed E-state index contributed by atoms with van der Waals surface area (Å²) in [6.07, 6.45) is 5.49. The van der Waals surface area contributed by atoms with Crippen LogP contribution in [0, 0.1) is 18.3 Å². The third-order valence-corrected chi connectivity index (χ3v) is 9.63. The molecular weight excluding hydrogens is 699 g/mol. The van der Waals surface area contributed by atoms with Crippen LogP contribution in [-0.4, -0.2) is 77.5 Å². The van der Waals surface area contributed by atoms with Crippen molar-refractivity contribution >= 4 is 23.2 Å². The quantitative estimate of drug-likeness (QED) is 0.0771. The number of nitriles is 1. The molecule has 0 atom stereocenters. The van der Waals surface area contributed by atoms with Crippen molar-refractivity contribution in [3.8, 4) is 34.4 Å². The molecule has 0 saturated carbocycles. The lowest BCUT2D eigenvalue weighted by Crippen LogP contribution is -2.27. The van der Waals surface area contributed by atoms with E-state index >= 15 is 0 Å². The van der Waals surface area contributed by atoms with Gasteiger partial charge in [0.1, 0.15) is 36.5 Å². The second-order valence-electron chi connectivity index (χ2n) is 12.5. The number of pyridine rings is 1. The van der Waals surface area contributed by atoms with Crippen molar-refractivity contribution in [1.29, 1.82) is 5.26 Å². The predicted molar refractivity (Wildman–Crippen MR) is 207 cm³/mol. The highest BCUT2D eigenvalue weighted by Crippen LogP contribution is 2.39. The Morgan fingerprint density at radius 2 is 1.44 bits per heavy atom. The minimum absolute atomic E-state index is 0.118. The van der Waals surface area contributed by atoms with Crippen molar-refractivity contribution in [2.45, 2.75) is 59.8 Å².